The number of thiophene rings is 1. The van der Waals surface area contributed by atoms with Crippen LogP contribution in [0.2, 0.25) is 5.02 Å². The Hall–Kier alpha value is -3.06. The van der Waals surface area contributed by atoms with Gasteiger partial charge in [0, 0.05) is 17.8 Å². The number of amides is 3. The molecule has 0 radical (unpaired) electrons. The number of hydrogen-bond acceptors (Lipinski definition) is 6. The number of nitrogens with one attached hydrogen (secondary N) is 2. The molecule has 4 atom stereocenters. The van der Waals surface area contributed by atoms with Crippen LogP contribution in [0.4, 0.5) is 4.39 Å². The number of fused-ring (bicyclic) bond motifs is 2. The summed E-state index contributed by atoms with van der Waals surface area (Å²) in [5.41, 5.74) is -0.578. The minimum absolute atomic E-state index is 0.0567. The van der Waals surface area contributed by atoms with Gasteiger partial charge in [0.25, 0.3) is 5.91 Å². The van der Waals surface area contributed by atoms with E-state index in [0.717, 1.165) is 28.3 Å². The smallest absolute Gasteiger partial charge is 0.262 e. The van der Waals surface area contributed by atoms with Crippen molar-refractivity contribution in [2.75, 3.05) is 19.6 Å². The number of benzene rings is 2. The second-order valence-corrected chi connectivity index (χ2v) is 15.1. The van der Waals surface area contributed by atoms with E-state index in [2.05, 4.69) is 10.0 Å². The van der Waals surface area contributed by atoms with Crippen LogP contribution in [0.5, 0.6) is 0 Å². The summed E-state index contributed by atoms with van der Waals surface area (Å²) in [6.45, 7) is 7.75. The van der Waals surface area contributed by atoms with Gasteiger partial charge in [-0.1, -0.05) is 57.5 Å². The van der Waals surface area contributed by atoms with Gasteiger partial charge in [0.05, 0.1) is 28.5 Å². The Morgan fingerprint density at radius 1 is 1.10 bits per heavy atom. The molecule has 3 amide bonds. The second kappa shape index (κ2) is 11.2. The van der Waals surface area contributed by atoms with Crippen molar-refractivity contribution < 1.29 is 27.2 Å². The highest BCUT2D eigenvalue weighted by atomic mass is 35.5. The van der Waals surface area contributed by atoms with Crippen molar-refractivity contribution in [3.63, 3.8) is 0 Å². The third kappa shape index (κ3) is 5.77. The van der Waals surface area contributed by atoms with E-state index in [-0.39, 0.29) is 46.3 Å². The maximum atomic E-state index is 13.8. The molecule has 0 saturated carbocycles. The summed E-state index contributed by atoms with van der Waals surface area (Å²) in [6.07, 6.45) is 0. The number of hydrogen-bond donors (Lipinski definition) is 2. The topological polar surface area (TPSA) is 116 Å². The van der Waals surface area contributed by atoms with Gasteiger partial charge in [-0.3, -0.25) is 14.4 Å². The van der Waals surface area contributed by atoms with E-state index in [1.54, 1.807) is 9.80 Å². The van der Waals surface area contributed by atoms with Crippen LogP contribution in [0.15, 0.2) is 53.4 Å². The zero-order chi connectivity index (χ0) is 30.6. The third-order valence-electron chi connectivity index (χ3n) is 7.84. The standard InChI is InChI=1S/C29H32ClFN4O5S2/c1-16-14-34(24(36)13-32-42(39,40)23-10-9-18(31)12-19(23)30)20-15-35(25(16)20)28(38)26(29(2,3)4)33-27(37)22-11-17-7-5-6-8-21(17)41-22/h5-12,16,20,25-26,32H,13-15H2,1-4H3,(H,33,37)/t16-,20+,25?,26?/m0/s1. The van der Waals surface area contributed by atoms with Gasteiger partial charge in [0.1, 0.15) is 16.8 Å². The minimum atomic E-state index is -4.15. The van der Waals surface area contributed by atoms with E-state index in [0.29, 0.717) is 11.4 Å². The molecule has 3 aromatic rings. The summed E-state index contributed by atoms with van der Waals surface area (Å²) >= 11 is 7.27. The third-order valence-corrected chi connectivity index (χ3v) is 10.8. The molecule has 0 aliphatic carbocycles. The highest BCUT2D eigenvalue weighted by Gasteiger charge is 2.55. The van der Waals surface area contributed by atoms with Crippen LogP contribution in [0.25, 0.3) is 10.1 Å². The number of rotatable bonds is 7. The Bertz CT molecular complexity index is 1640. The molecule has 2 aromatic carbocycles. The Morgan fingerprint density at radius 3 is 2.48 bits per heavy atom. The highest BCUT2D eigenvalue weighted by Crippen LogP contribution is 2.38. The molecule has 2 unspecified atom stereocenters. The Labute approximate surface area is 253 Å². The predicted octanol–water partition coefficient (Wildman–Crippen LogP) is 3.87. The lowest BCUT2D eigenvalue weighted by atomic mass is 9.82. The molecule has 0 bridgehead atoms. The van der Waals surface area contributed by atoms with E-state index in [9.17, 15) is 27.2 Å². The van der Waals surface area contributed by atoms with E-state index in [1.165, 1.54) is 11.3 Å². The van der Waals surface area contributed by atoms with E-state index in [4.69, 9.17) is 11.6 Å². The Kier molecular flexibility index (Phi) is 8.12. The van der Waals surface area contributed by atoms with Crippen molar-refractivity contribution in [1.29, 1.82) is 0 Å². The summed E-state index contributed by atoms with van der Waals surface area (Å²) in [6, 6.07) is 11.1. The number of sulfonamides is 1. The quantitative estimate of drug-likeness (QED) is 0.409. The molecule has 42 heavy (non-hydrogen) atoms. The van der Waals surface area contributed by atoms with Gasteiger partial charge >= 0.3 is 0 Å². The molecule has 2 fully saturated rings. The van der Waals surface area contributed by atoms with Crippen LogP contribution in [-0.2, 0) is 19.6 Å². The summed E-state index contributed by atoms with van der Waals surface area (Å²) < 4.78 is 42.0. The second-order valence-electron chi connectivity index (χ2n) is 11.9. The lowest BCUT2D eigenvalue weighted by molar-refractivity contribution is -0.151. The van der Waals surface area contributed by atoms with Crippen molar-refractivity contribution in [2.45, 2.75) is 50.7 Å². The van der Waals surface area contributed by atoms with E-state index in [1.807, 2.05) is 58.0 Å². The first-order valence-electron chi connectivity index (χ1n) is 13.5. The lowest BCUT2D eigenvalue weighted by Gasteiger charge is -2.50. The van der Waals surface area contributed by atoms with Gasteiger partial charge in [-0.25, -0.2) is 17.5 Å². The first kappa shape index (κ1) is 30.4. The van der Waals surface area contributed by atoms with Crippen LogP contribution < -0.4 is 10.0 Å². The number of halogens is 2. The fourth-order valence-electron chi connectivity index (χ4n) is 5.69. The number of nitrogens with zero attached hydrogens (tertiary/aromatic N) is 2. The average Bonchev–Trinajstić information content (AvgIpc) is 3.42. The molecule has 2 N–H and O–H groups in total. The van der Waals surface area contributed by atoms with Crippen LogP contribution in [-0.4, -0.2) is 73.7 Å². The molecule has 2 aliphatic rings. The molecular formula is C29H32ClFN4O5S2. The Morgan fingerprint density at radius 2 is 1.81 bits per heavy atom. The molecule has 13 heteroatoms. The summed E-state index contributed by atoms with van der Waals surface area (Å²) in [5, 5.41) is 3.64. The summed E-state index contributed by atoms with van der Waals surface area (Å²) in [7, 11) is -4.15. The first-order chi connectivity index (χ1) is 19.7. The van der Waals surface area contributed by atoms with Gasteiger partial charge in [-0.2, -0.15) is 0 Å². The normalized spacial score (nSPS) is 21.1. The number of carbonyl (C=O) groups is 3. The van der Waals surface area contributed by atoms with Gasteiger partial charge < -0.3 is 15.1 Å². The zero-order valence-electron chi connectivity index (χ0n) is 23.6. The highest BCUT2D eigenvalue weighted by molar-refractivity contribution is 7.89. The lowest BCUT2D eigenvalue weighted by Crippen LogP contribution is -2.69. The van der Waals surface area contributed by atoms with Gasteiger partial charge in [0.15, 0.2) is 0 Å². The van der Waals surface area contributed by atoms with Crippen LogP contribution in [0, 0.1) is 17.2 Å². The van der Waals surface area contributed by atoms with Crippen LogP contribution in [0.3, 0.4) is 0 Å². The van der Waals surface area contributed by atoms with Crippen molar-refractivity contribution in [2.24, 2.45) is 11.3 Å². The molecule has 5 rings (SSSR count). The molecular weight excluding hydrogens is 603 g/mol. The molecule has 224 valence electrons. The zero-order valence-corrected chi connectivity index (χ0v) is 25.9. The molecule has 2 saturated heterocycles. The maximum absolute atomic E-state index is 13.8. The van der Waals surface area contributed by atoms with Crippen molar-refractivity contribution in [3.8, 4) is 0 Å². The number of likely N-dealkylation sites (tertiary alicyclic amines) is 2. The van der Waals surface area contributed by atoms with Gasteiger partial charge in [-0.15, -0.1) is 11.3 Å². The van der Waals surface area contributed by atoms with Crippen molar-refractivity contribution >= 4 is 60.8 Å². The fraction of sp³-hybridized carbons (Fsp3) is 0.414. The van der Waals surface area contributed by atoms with E-state index >= 15 is 0 Å². The van der Waals surface area contributed by atoms with Gasteiger partial charge in [0.2, 0.25) is 21.8 Å². The molecule has 9 nitrogen and oxygen atoms in total. The maximum Gasteiger partial charge on any atom is 0.262 e. The monoisotopic (exact) mass is 634 g/mol. The van der Waals surface area contributed by atoms with E-state index < -0.39 is 39.7 Å². The predicted molar refractivity (Wildman–Crippen MR) is 159 cm³/mol. The van der Waals surface area contributed by atoms with Crippen molar-refractivity contribution in [3.05, 3.63) is 64.2 Å². The SMILES string of the molecule is C[C@H]1CN(C(=O)CNS(=O)(=O)c2ccc(F)cc2Cl)[C@@H]2CN(C(=O)C(NC(=O)c3cc4ccccc4s3)C(C)(C)C)C21. The molecule has 2 aliphatic heterocycles. The van der Waals surface area contributed by atoms with Crippen LogP contribution >= 0.6 is 22.9 Å². The average molecular weight is 635 g/mol. The van der Waals surface area contributed by atoms with Crippen LogP contribution in [0.1, 0.15) is 37.4 Å². The molecule has 3 heterocycles. The fourth-order valence-corrected chi connectivity index (χ4v) is 8.16. The summed E-state index contributed by atoms with van der Waals surface area (Å²) in [5.74, 6) is -1.70. The van der Waals surface area contributed by atoms with Crippen molar-refractivity contribution in [1.82, 2.24) is 19.8 Å². The largest absolute Gasteiger partial charge is 0.339 e. The Balaban J connectivity index is 1.24. The molecule has 1 aromatic heterocycles. The van der Waals surface area contributed by atoms with Gasteiger partial charge in [-0.05, 0) is 47.1 Å². The number of carbonyl (C=O) groups excluding carboxylic acids is 3. The molecule has 0 spiro atoms. The minimum Gasteiger partial charge on any atom is -0.339 e. The first-order valence-corrected chi connectivity index (χ1v) is 16.2. The summed E-state index contributed by atoms with van der Waals surface area (Å²) in [4.78, 5) is 43.6.